The van der Waals surface area contributed by atoms with Gasteiger partial charge in [-0.1, -0.05) is 5.16 Å². The molecule has 0 saturated carbocycles. The molecular formula is C15H18F3N5O4. The Hall–Kier alpha value is -2.66. The van der Waals surface area contributed by atoms with Crippen LogP contribution in [0.2, 0.25) is 0 Å². The van der Waals surface area contributed by atoms with Gasteiger partial charge in [0.15, 0.2) is 0 Å². The molecule has 0 saturated heterocycles. The van der Waals surface area contributed by atoms with Gasteiger partial charge in [0, 0.05) is 6.42 Å². The predicted octanol–water partition coefficient (Wildman–Crippen LogP) is 1.71. The molecule has 2 aromatic rings. The summed E-state index contributed by atoms with van der Waals surface area (Å²) in [5, 5.41) is 6.94. The maximum absolute atomic E-state index is 12.6. The van der Waals surface area contributed by atoms with E-state index in [0.29, 0.717) is 25.1 Å². The molecule has 1 aliphatic rings. The number of hydrogen-bond acceptors (Lipinski definition) is 7. The normalized spacial score (nSPS) is 17.6. The minimum atomic E-state index is -4.75. The van der Waals surface area contributed by atoms with Crippen molar-refractivity contribution in [1.29, 1.82) is 0 Å². The molecule has 3 rings (SSSR count). The smallest absolute Gasteiger partial charge is 0.455 e. The van der Waals surface area contributed by atoms with Crippen molar-refractivity contribution < 1.29 is 27.2 Å². The van der Waals surface area contributed by atoms with E-state index in [2.05, 4.69) is 19.8 Å². The number of nitrogens with zero attached hydrogens (tertiary/aromatic N) is 5. The van der Waals surface area contributed by atoms with Gasteiger partial charge in [-0.2, -0.15) is 23.3 Å². The summed E-state index contributed by atoms with van der Waals surface area (Å²) in [5.74, 6) is -2.03. The minimum absolute atomic E-state index is 0.359. The molecule has 0 amide bonds. The topological polar surface area (TPSA) is 105 Å². The van der Waals surface area contributed by atoms with Crippen molar-refractivity contribution in [2.45, 2.75) is 64.4 Å². The highest BCUT2D eigenvalue weighted by Crippen LogP contribution is 2.27. The Bertz CT molecular complexity index is 906. The zero-order valence-corrected chi connectivity index (χ0v) is 14.9. The second-order valence-corrected chi connectivity index (χ2v) is 7.18. The number of esters is 1. The van der Waals surface area contributed by atoms with Crippen LogP contribution in [-0.2, 0) is 28.7 Å². The van der Waals surface area contributed by atoms with E-state index in [1.807, 2.05) is 0 Å². The van der Waals surface area contributed by atoms with Gasteiger partial charge < -0.3 is 9.26 Å². The summed E-state index contributed by atoms with van der Waals surface area (Å²) >= 11 is 0. The molecule has 0 aliphatic carbocycles. The summed E-state index contributed by atoms with van der Waals surface area (Å²) in [5.41, 5.74) is -1.36. The largest absolute Gasteiger partial charge is 0.458 e. The summed E-state index contributed by atoms with van der Waals surface area (Å²) in [6.07, 6.45) is -3.26. The number of alkyl halides is 3. The van der Waals surface area contributed by atoms with Crippen LogP contribution in [0.15, 0.2) is 9.32 Å². The molecule has 27 heavy (non-hydrogen) atoms. The van der Waals surface area contributed by atoms with E-state index in [0.717, 1.165) is 4.68 Å². The summed E-state index contributed by atoms with van der Waals surface area (Å²) in [7, 11) is 0. The van der Waals surface area contributed by atoms with Crippen molar-refractivity contribution in [2.24, 2.45) is 0 Å². The Morgan fingerprint density at radius 3 is 2.63 bits per heavy atom. The molecule has 148 valence electrons. The number of halogens is 3. The van der Waals surface area contributed by atoms with Gasteiger partial charge in [0.2, 0.25) is 5.89 Å². The Kier molecular flexibility index (Phi) is 4.60. The van der Waals surface area contributed by atoms with Crippen molar-refractivity contribution >= 4 is 5.97 Å². The Labute approximate surface area is 151 Å². The van der Waals surface area contributed by atoms with E-state index in [1.54, 1.807) is 20.8 Å². The lowest BCUT2D eigenvalue weighted by molar-refractivity contribution is -0.159. The molecule has 3 heterocycles. The summed E-state index contributed by atoms with van der Waals surface area (Å²) < 4.78 is 49.7. The Morgan fingerprint density at radius 2 is 2.04 bits per heavy atom. The van der Waals surface area contributed by atoms with Crippen molar-refractivity contribution in [1.82, 2.24) is 24.5 Å². The second kappa shape index (κ2) is 6.50. The number of rotatable bonds is 3. The summed E-state index contributed by atoms with van der Waals surface area (Å²) in [4.78, 5) is 28.3. The van der Waals surface area contributed by atoms with Crippen LogP contribution in [0.1, 0.15) is 57.2 Å². The third-order valence-corrected chi connectivity index (χ3v) is 3.82. The Balaban J connectivity index is 1.88. The zero-order valence-electron chi connectivity index (χ0n) is 14.9. The monoisotopic (exact) mass is 389 g/mol. The molecule has 0 unspecified atom stereocenters. The van der Waals surface area contributed by atoms with Crippen LogP contribution >= 0.6 is 0 Å². The van der Waals surface area contributed by atoms with Gasteiger partial charge in [-0.25, -0.2) is 14.3 Å². The van der Waals surface area contributed by atoms with Gasteiger partial charge in [-0.15, -0.1) is 0 Å². The van der Waals surface area contributed by atoms with Crippen LogP contribution < -0.4 is 5.69 Å². The first kappa shape index (κ1) is 19.1. The minimum Gasteiger partial charge on any atom is -0.458 e. The van der Waals surface area contributed by atoms with E-state index >= 15 is 0 Å². The molecular weight excluding hydrogens is 371 g/mol. The quantitative estimate of drug-likeness (QED) is 0.736. The fourth-order valence-electron chi connectivity index (χ4n) is 2.79. The van der Waals surface area contributed by atoms with Crippen molar-refractivity contribution in [2.75, 3.05) is 0 Å². The van der Waals surface area contributed by atoms with E-state index < -0.39 is 47.7 Å². The van der Waals surface area contributed by atoms with Crippen LogP contribution in [0.25, 0.3) is 0 Å². The molecule has 0 bridgehead atoms. The van der Waals surface area contributed by atoms with E-state index in [9.17, 15) is 22.8 Å². The molecule has 0 spiro atoms. The van der Waals surface area contributed by atoms with Crippen molar-refractivity contribution in [3.05, 3.63) is 28.0 Å². The number of aryl methyl sites for hydroxylation is 1. The van der Waals surface area contributed by atoms with Gasteiger partial charge in [0.25, 0.3) is 5.82 Å². The number of carbonyl (C=O) groups is 1. The van der Waals surface area contributed by atoms with Gasteiger partial charge >= 0.3 is 17.8 Å². The summed E-state index contributed by atoms with van der Waals surface area (Å²) in [6.45, 7) is 4.72. The SMILES string of the molecule is CC(C)(C)OC(=O)[C@@H]1CCCc2nn(Cc3nc(C(F)(F)F)no3)c(=O)n21. The molecule has 1 aliphatic heterocycles. The predicted molar refractivity (Wildman–Crippen MR) is 82.7 cm³/mol. The highest BCUT2D eigenvalue weighted by Gasteiger charge is 2.38. The molecule has 0 N–H and O–H groups in total. The highest BCUT2D eigenvalue weighted by atomic mass is 19.4. The fourth-order valence-corrected chi connectivity index (χ4v) is 2.79. The first-order chi connectivity index (χ1) is 12.5. The number of ether oxygens (including phenoxy) is 1. The van der Waals surface area contributed by atoms with Crippen LogP contribution in [0.5, 0.6) is 0 Å². The van der Waals surface area contributed by atoms with Crippen LogP contribution in [-0.4, -0.2) is 36.1 Å². The number of aromatic nitrogens is 5. The average Bonchev–Trinajstić information content (AvgIpc) is 3.11. The molecule has 0 fully saturated rings. The molecule has 12 heteroatoms. The average molecular weight is 389 g/mol. The summed E-state index contributed by atoms with van der Waals surface area (Å²) in [6, 6.07) is -0.831. The first-order valence-corrected chi connectivity index (χ1v) is 8.26. The standard InChI is InChI=1S/C15H18F3N5O4/c1-14(2,3)26-11(24)8-5-4-6-9-20-22(13(25)23(8)9)7-10-19-12(21-27-10)15(16,17)18/h8H,4-7H2,1-3H3/t8-/m0/s1. The molecule has 2 aromatic heterocycles. The number of fused-ring (bicyclic) bond motifs is 1. The van der Waals surface area contributed by atoms with Crippen LogP contribution in [0, 0.1) is 0 Å². The number of hydrogen-bond donors (Lipinski definition) is 0. The molecule has 1 atom stereocenters. The lowest BCUT2D eigenvalue weighted by atomic mass is 10.0. The third-order valence-electron chi connectivity index (χ3n) is 3.82. The highest BCUT2D eigenvalue weighted by molar-refractivity contribution is 5.74. The van der Waals surface area contributed by atoms with Crippen LogP contribution in [0.3, 0.4) is 0 Å². The van der Waals surface area contributed by atoms with E-state index in [1.165, 1.54) is 4.57 Å². The lowest BCUT2D eigenvalue weighted by Gasteiger charge is -2.26. The third kappa shape index (κ3) is 4.03. The second-order valence-electron chi connectivity index (χ2n) is 7.18. The van der Waals surface area contributed by atoms with Crippen LogP contribution in [0.4, 0.5) is 13.2 Å². The maximum atomic E-state index is 12.6. The van der Waals surface area contributed by atoms with E-state index in [4.69, 9.17) is 4.74 Å². The first-order valence-electron chi connectivity index (χ1n) is 8.26. The molecule has 0 radical (unpaired) electrons. The van der Waals surface area contributed by atoms with Crippen molar-refractivity contribution in [3.8, 4) is 0 Å². The maximum Gasteiger partial charge on any atom is 0.455 e. The Morgan fingerprint density at radius 1 is 1.33 bits per heavy atom. The molecule has 9 nitrogen and oxygen atoms in total. The van der Waals surface area contributed by atoms with E-state index in [-0.39, 0.29) is 0 Å². The fraction of sp³-hybridized carbons (Fsp3) is 0.667. The van der Waals surface area contributed by atoms with Gasteiger partial charge in [-0.3, -0.25) is 4.57 Å². The van der Waals surface area contributed by atoms with Gasteiger partial charge in [0.05, 0.1) is 0 Å². The van der Waals surface area contributed by atoms with Crippen molar-refractivity contribution in [3.63, 3.8) is 0 Å². The number of carbonyl (C=O) groups excluding carboxylic acids is 1. The van der Waals surface area contributed by atoms with Gasteiger partial charge in [0.1, 0.15) is 24.0 Å². The van der Waals surface area contributed by atoms with Gasteiger partial charge in [-0.05, 0) is 33.6 Å². The zero-order chi connectivity index (χ0) is 20.0. The molecule has 0 aromatic carbocycles. The lowest BCUT2D eigenvalue weighted by Crippen LogP contribution is -2.38.